The molecule has 0 radical (unpaired) electrons. The van der Waals surface area contributed by atoms with Crippen molar-refractivity contribution in [2.75, 3.05) is 0 Å². The fraction of sp³-hybridized carbons (Fsp3) is 0.100. The number of benzene rings is 2. The van der Waals surface area contributed by atoms with Crippen LogP contribution in [0.25, 0.3) is 11.1 Å². The van der Waals surface area contributed by atoms with Crippen LogP contribution in [0.1, 0.15) is 18.0 Å². The fourth-order valence-electron chi connectivity index (χ4n) is 2.19. The first-order valence-electron chi connectivity index (χ1n) is 7.71. The number of nitrogens with two attached hydrogens (primary N) is 1. The van der Waals surface area contributed by atoms with Crippen molar-refractivity contribution < 1.29 is 19.8 Å². The first kappa shape index (κ1) is 21.2. The Labute approximate surface area is 157 Å². The summed E-state index contributed by atoms with van der Waals surface area (Å²) in [6.07, 6.45) is 3.71. The van der Waals surface area contributed by atoms with E-state index in [2.05, 4.69) is 12.6 Å². The van der Waals surface area contributed by atoms with Crippen molar-refractivity contribution in [2.45, 2.75) is 12.5 Å². The van der Waals surface area contributed by atoms with E-state index in [4.69, 9.17) is 27.5 Å². The molecule has 26 heavy (non-hydrogen) atoms. The topological polar surface area (TPSA) is 101 Å². The van der Waals surface area contributed by atoms with Gasteiger partial charge in [0, 0.05) is 28.8 Å². The van der Waals surface area contributed by atoms with Crippen LogP contribution in [0.4, 0.5) is 0 Å². The second kappa shape index (κ2) is 10.9. The van der Waals surface area contributed by atoms with Crippen LogP contribution in [0.3, 0.4) is 0 Å². The number of hydrogen-bond acceptors (Lipinski definition) is 3. The Morgan fingerprint density at radius 1 is 1.00 bits per heavy atom. The van der Waals surface area contributed by atoms with Crippen LogP contribution in [0.5, 0.6) is 0 Å². The van der Waals surface area contributed by atoms with E-state index in [0.29, 0.717) is 12.2 Å². The maximum atomic E-state index is 9.55. The minimum Gasteiger partial charge on any atom is -0.478 e. The zero-order chi connectivity index (χ0) is 19.5. The maximum absolute atomic E-state index is 9.55. The number of rotatable bonds is 6. The highest BCUT2D eigenvalue weighted by Crippen LogP contribution is 2.33. The summed E-state index contributed by atoms with van der Waals surface area (Å²) < 4.78 is 0. The van der Waals surface area contributed by atoms with Gasteiger partial charge in [0.05, 0.1) is 0 Å². The number of carboxylic acids is 2. The van der Waals surface area contributed by atoms with Gasteiger partial charge >= 0.3 is 11.9 Å². The van der Waals surface area contributed by atoms with Crippen LogP contribution in [0, 0.1) is 0 Å². The van der Waals surface area contributed by atoms with Crippen molar-refractivity contribution in [3.05, 3.63) is 83.9 Å². The van der Waals surface area contributed by atoms with Crippen LogP contribution in [0.15, 0.2) is 73.3 Å². The van der Waals surface area contributed by atoms with E-state index in [1.54, 1.807) is 0 Å². The van der Waals surface area contributed by atoms with E-state index < -0.39 is 11.9 Å². The van der Waals surface area contributed by atoms with Crippen molar-refractivity contribution in [3.8, 4) is 11.1 Å². The molecule has 0 heterocycles. The van der Waals surface area contributed by atoms with Gasteiger partial charge in [0.1, 0.15) is 0 Å². The molecule has 0 bridgehead atoms. The van der Waals surface area contributed by atoms with E-state index >= 15 is 0 Å². The van der Waals surface area contributed by atoms with Crippen LogP contribution in [-0.4, -0.2) is 22.2 Å². The molecule has 4 N–H and O–H groups in total. The summed E-state index contributed by atoms with van der Waals surface area (Å²) in [4.78, 5) is 19.1. The second-order valence-electron chi connectivity index (χ2n) is 5.21. The molecular formula is C20H20ClNO4. The maximum Gasteiger partial charge on any atom is 0.328 e. The van der Waals surface area contributed by atoms with Crippen LogP contribution in [-0.2, 0) is 9.59 Å². The summed E-state index contributed by atoms with van der Waals surface area (Å²) in [6, 6.07) is 15.9. The number of carbonyl (C=O) groups is 2. The number of halogens is 1. The third kappa shape index (κ3) is 6.93. The summed E-state index contributed by atoms with van der Waals surface area (Å²) in [5.41, 5.74) is 9.40. The lowest BCUT2D eigenvalue weighted by Gasteiger charge is -2.16. The Balaban J connectivity index is 0.000000359. The molecule has 2 aromatic rings. The molecule has 5 nitrogen and oxygen atoms in total. The molecule has 0 amide bonds. The zero-order valence-electron chi connectivity index (χ0n) is 14.0. The molecule has 0 saturated heterocycles. The summed E-state index contributed by atoms with van der Waals surface area (Å²) in [7, 11) is 0. The van der Waals surface area contributed by atoms with Crippen LogP contribution in [0.2, 0.25) is 5.02 Å². The highest BCUT2D eigenvalue weighted by Gasteiger charge is 2.12. The summed E-state index contributed by atoms with van der Waals surface area (Å²) in [6.45, 7) is 3.74. The van der Waals surface area contributed by atoms with E-state index in [1.165, 1.54) is 0 Å². The number of carboxylic acid groups (broad SMARTS) is 2. The lowest BCUT2D eigenvalue weighted by Crippen LogP contribution is -2.10. The first-order valence-corrected chi connectivity index (χ1v) is 8.08. The number of hydrogen-bond donors (Lipinski definition) is 3. The van der Waals surface area contributed by atoms with Crippen LogP contribution >= 0.6 is 11.6 Å². The molecule has 1 atom stereocenters. The summed E-state index contributed by atoms with van der Waals surface area (Å²) in [5.74, 6) is -2.51. The second-order valence-corrected chi connectivity index (χ2v) is 5.61. The molecule has 2 aromatic carbocycles. The predicted molar refractivity (Wildman–Crippen MR) is 103 cm³/mol. The Kier molecular flexibility index (Phi) is 8.84. The Bertz CT molecular complexity index is 786. The molecule has 0 aromatic heterocycles. The highest BCUT2D eigenvalue weighted by atomic mass is 35.5. The van der Waals surface area contributed by atoms with Crippen molar-refractivity contribution in [1.82, 2.24) is 0 Å². The minimum absolute atomic E-state index is 0.0463. The molecule has 0 spiro atoms. The van der Waals surface area contributed by atoms with Gasteiger partial charge in [0.15, 0.2) is 0 Å². The van der Waals surface area contributed by atoms with Gasteiger partial charge in [-0.1, -0.05) is 60.1 Å². The van der Waals surface area contributed by atoms with Gasteiger partial charge in [-0.15, -0.1) is 6.58 Å². The quantitative estimate of drug-likeness (QED) is 0.517. The monoisotopic (exact) mass is 373 g/mol. The van der Waals surface area contributed by atoms with Crippen molar-refractivity contribution >= 4 is 23.5 Å². The SMILES string of the molecule is C=CCC(N)c1ccccc1-c1ccccc1Cl.O=C(O)/C=C/C(=O)O. The van der Waals surface area contributed by atoms with E-state index in [1.807, 2.05) is 48.5 Å². The molecular weight excluding hydrogens is 354 g/mol. The molecule has 0 aliphatic rings. The van der Waals surface area contributed by atoms with Gasteiger partial charge in [-0.05, 0) is 23.6 Å². The summed E-state index contributed by atoms with van der Waals surface area (Å²) >= 11 is 6.25. The van der Waals surface area contributed by atoms with Crippen molar-refractivity contribution in [1.29, 1.82) is 0 Å². The van der Waals surface area contributed by atoms with E-state index in [-0.39, 0.29) is 6.04 Å². The third-order valence-corrected chi connectivity index (χ3v) is 3.64. The Morgan fingerprint density at radius 2 is 1.50 bits per heavy atom. The minimum atomic E-state index is -1.26. The van der Waals surface area contributed by atoms with Gasteiger partial charge in [0.25, 0.3) is 0 Å². The third-order valence-electron chi connectivity index (χ3n) is 3.31. The smallest absolute Gasteiger partial charge is 0.328 e. The fourth-order valence-corrected chi connectivity index (χ4v) is 2.43. The first-order chi connectivity index (χ1) is 12.4. The van der Waals surface area contributed by atoms with Crippen molar-refractivity contribution in [3.63, 3.8) is 0 Å². The lowest BCUT2D eigenvalue weighted by atomic mass is 9.94. The average Bonchev–Trinajstić information content (AvgIpc) is 2.61. The van der Waals surface area contributed by atoms with Gasteiger partial charge in [-0.25, -0.2) is 9.59 Å². The molecule has 2 rings (SSSR count). The molecule has 0 saturated carbocycles. The van der Waals surface area contributed by atoms with Gasteiger partial charge < -0.3 is 15.9 Å². The Hall–Kier alpha value is -2.89. The summed E-state index contributed by atoms with van der Waals surface area (Å²) in [5, 5.41) is 16.4. The normalized spacial score (nSPS) is 11.3. The molecule has 0 aliphatic heterocycles. The standard InChI is InChI=1S/C16H16ClN.C4H4O4/c1-2-7-16(18)14-10-4-3-8-12(14)13-9-5-6-11-15(13)17;5-3(6)1-2-4(7)8/h2-6,8-11,16H,1,7,18H2;1-2H,(H,5,6)(H,7,8)/b;2-1+. The number of aliphatic carboxylic acids is 2. The van der Waals surface area contributed by atoms with Gasteiger partial charge in [-0.3, -0.25) is 0 Å². The molecule has 6 heteroatoms. The average molecular weight is 374 g/mol. The van der Waals surface area contributed by atoms with E-state index in [0.717, 1.165) is 28.1 Å². The van der Waals surface area contributed by atoms with Gasteiger partial charge in [-0.2, -0.15) is 0 Å². The lowest BCUT2D eigenvalue weighted by molar-refractivity contribution is -0.134. The van der Waals surface area contributed by atoms with E-state index in [9.17, 15) is 9.59 Å². The van der Waals surface area contributed by atoms with Crippen LogP contribution < -0.4 is 5.73 Å². The van der Waals surface area contributed by atoms with Gasteiger partial charge in [0.2, 0.25) is 0 Å². The molecule has 0 fully saturated rings. The molecule has 0 aliphatic carbocycles. The van der Waals surface area contributed by atoms with Crippen molar-refractivity contribution in [2.24, 2.45) is 5.73 Å². The Morgan fingerprint density at radius 3 is 2.00 bits per heavy atom. The largest absolute Gasteiger partial charge is 0.478 e. The highest BCUT2D eigenvalue weighted by molar-refractivity contribution is 6.33. The predicted octanol–water partition coefficient (Wildman–Crippen LogP) is 4.29. The molecule has 136 valence electrons. The molecule has 1 unspecified atom stereocenters. The zero-order valence-corrected chi connectivity index (χ0v) is 14.8.